The summed E-state index contributed by atoms with van der Waals surface area (Å²) in [5, 5.41) is 9.31. The minimum Gasteiger partial charge on any atom is -0.497 e. The number of piperidine rings is 1. The number of amides is 1. The average molecular weight is 371 g/mol. The first-order chi connectivity index (χ1) is 12.9. The molecule has 27 heavy (non-hydrogen) atoms. The van der Waals surface area contributed by atoms with Crippen molar-refractivity contribution in [1.29, 1.82) is 0 Å². The molecule has 0 aromatic heterocycles. The number of carboxylic acids is 1. The highest BCUT2D eigenvalue weighted by Gasteiger charge is 2.36. The summed E-state index contributed by atoms with van der Waals surface area (Å²) in [5.41, 5.74) is 1.43. The van der Waals surface area contributed by atoms with Crippen LogP contribution < -0.4 is 4.74 Å². The fourth-order valence-corrected chi connectivity index (χ4v) is 3.57. The van der Waals surface area contributed by atoms with Gasteiger partial charge in [0, 0.05) is 12.6 Å². The van der Waals surface area contributed by atoms with Crippen molar-refractivity contribution in [2.24, 2.45) is 5.92 Å². The molecule has 1 saturated heterocycles. The number of hydrogen-bond acceptors (Lipinski definition) is 3. The zero-order valence-corrected chi connectivity index (χ0v) is 15.3. The van der Waals surface area contributed by atoms with E-state index in [1.54, 1.807) is 32.2 Å². The van der Waals surface area contributed by atoms with Crippen LogP contribution in [-0.2, 0) is 4.79 Å². The number of carbonyl (C=O) groups excluding carboxylic acids is 1. The van der Waals surface area contributed by atoms with Crippen molar-refractivity contribution in [2.45, 2.75) is 25.8 Å². The van der Waals surface area contributed by atoms with Gasteiger partial charge in [0.1, 0.15) is 11.6 Å². The van der Waals surface area contributed by atoms with Crippen LogP contribution in [0.25, 0.3) is 11.1 Å². The van der Waals surface area contributed by atoms with Crippen molar-refractivity contribution < 1.29 is 23.8 Å². The Labute approximate surface area is 157 Å². The van der Waals surface area contributed by atoms with Crippen LogP contribution in [0.5, 0.6) is 5.75 Å². The van der Waals surface area contributed by atoms with E-state index in [0.717, 1.165) is 5.56 Å². The Morgan fingerprint density at radius 3 is 2.41 bits per heavy atom. The van der Waals surface area contributed by atoms with Crippen LogP contribution >= 0.6 is 0 Å². The lowest BCUT2D eigenvalue weighted by Gasteiger charge is -2.37. The van der Waals surface area contributed by atoms with Crippen LogP contribution in [0.4, 0.5) is 4.39 Å². The number of likely N-dealkylation sites (tertiary alicyclic amines) is 1. The van der Waals surface area contributed by atoms with Crippen molar-refractivity contribution in [3.63, 3.8) is 0 Å². The average Bonchev–Trinajstić information content (AvgIpc) is 2.67. The number of methoxy groups -OCH3 is 1. The maximum atomic E-state index is 14.7. The number of carboxylic acid groups (broad SMARTS) is 1. The second kappa shape index (κ2) is 7.78. The Kier molecular flexibility index (Phi) is 5.44. The molecule has 1 N–H and O–H groups in total. The molecule has 5 nitrogen and oxygen atoms in total. The van der Waals surface area contributed by atoms with Crippen molar-refractivity contribution in [3.8, 4) is 16.9 Å². The molecule has 0 aliphatic carbocycles. The van der Waals surface area contributed by atoms with Gasteiger partial charge in [0.25, 0.3) is 5.91 Å². The molecule has 0 saturated carbocycles. The molecule has 6 heteroatoms. The Bertz CT molecular complexity index is 850. The van der Waals surface area contributed by atoms with E-state index in [1.165, 1.54) is 17.0 Å². The maximum Gasteiger partial charge on any atom is 0.308 e. The number of aliphatic carboxylic acids is 1. The van der Waals surface area contributed by atoms with E-state index >= 15 is 0 Å². The third kappa shape index (κ3) is 3.79. The SMILES string of the molecule is COc1ccc(-c2ccc(C(=O)N3CCC[C@H](C(=O)O)[C@@H]3C)c(F)c2)cc1. The number of nitrogens with zero attached hydrogens (tertiary/aromatic N) is 1. The molecule has 2 atom stereocenters. The highest BCUT2D eigenvalue weighted by atomic mass is 19.1. The van der Waals surface area contributed by atoms with Crippen LogP contribution in [0.1, 0.15) is 30.1 Å². The first kappa shape index (κ1) is 18.9. The quantitative estimate of drug-likeness (QED) is 0.887. The lowest BCUT2D eigenvalue weighted by molar-refractivity contribution is -0.144. The van der Waals surface area contributed by atoms with Crippen molar-refractivity contribution in [3.05, 3.63) is 53.8 Å². The molecule has 0 radical (unpaired) electrons. The van der Waals surface area contributed by atoms with Gasteiger partial charge in [-0.05, 0) is 55.2 Å². The van der Waals surface area contributed by atoms with E-state index in [4.69, 9.17) is 4.74 Å². The highest BCUT2D eigenvalue weighted by Crippen LogP contribution is 2.28. The number of halogens is 1. The van der Waals surface area contributed by atoms with Gasteiger partial charge in [-0.3, -0.25) is 9.59 Å². The summed E-state index contributed by atoms with van der Waals surface area (Å²) in [7, 11) is 1.57. The molecule has 1 amide bonds. The van der Waals surface area contributed by atoms with Crippen LogP contribution in [0.3, 0.4) is 0 Å². The minimum atomic E-state index is -0.921. The summed E-state index contributed by atoms with van der Waals surface area (Å²) < 4.78 is 19.8. The number of ether oxygens (including phenoxy) is 1. The first-order valence-electron chi connectivity index (χ1n) is 8.90. The maximum absolute atomic E-state index is 14.7. The molecule has 1 aliphatic rings. The Balaban J connectivity index is 1.84. The van der Waals surface area contributed by atoms with Crippen molar-refractivity contribution >= 4 is 11.9 Å². The predicted molar refractivity (Wildman–Crippen MR) is 99.2 cm³/mol. The van der Waals surface area contributed by atoms with Gasteiger partial charge in [0.2, 0.25) is 0 Å². The first-order valence-corrected chi connectivity index (χ1v) is 8.90. The van der Waals surface area contributed by atoms with Crippen molar-refractivity contribution in [2.75, 3.05) is 13.7 Å². The smallest absolute Gasteiger partial charge is 0.308 e. The van der Waals surface area contributed by atoms with E-state index in [0.29, 0.717) is 30.7 Å². The van der Waals surface area contributed by atoms with Gasteiger partial charge in [-0.15, -0.1) is 0 Å². The summed E-state index contributed by atoms with van der Waals surface area (Å²) in [5.74, 6) is -1.91. The van der Waals surface area contributed by atoms with E-state index in [1.807, 2.05) is 12.1 Å². The Hall–Kier alpha value is -2.89. The Morgan fingerprint density at radius 2 is 1.81 bits per heavy atom. The van der Waals surface area contributed by atoms with E-state index < -0.39 is 29.7 Å². The topological polar surface area (TPSA) is 66.8 Å². The number of rotatable bonds is 4. The largest absolute Gasteiger partial charge is 0.497 e. The van der Waals surface area contributed by atoms with Crippen LogP contribution in [0.2, 0.25) is 0 Å². The molecular formula is C21H22FNO4. The van der Waals surface area contributed by atoms with Crippen molar-refractivity contribution in [1.82, 2.24) is 4.90 Å². The van der Waals surface area contributed by atoms with Gasteiger partial charge in [-0.25, -0.2) is 4.39 Å². The molecular weight excluding hydrogens is 349 g/mol. The molecule has 142 valence electrons. The zero-order valence-electron chi connectivity index (χ0n) is 15.3. The lowest BCUT2D eigenvalue weighted by atomic mass is 9.89. The minimum absolute atomic E-state index is 0.0369. The third-order valence-corrected chi connectivity index (χ3v) is 5.19. The van der Waals surface area contributed by atoms with E-state index in [2.05, 4.69) is 0 Å². The summed E-state index contributed by atoms with van der Waals surface area (Å²) in [6, 6.07) is 11.2. The molecule has 0 spiro atoms. The highest BCUT2D eigenvalue weighted by molar-refractivity contribution is 5.95. The Morgan fingerprint density at radius 1 is 1.15 bits per heavy atom. The van der Waals surface area contributed by atoms with Gasteiger partial charge < -0.3 is 14.7 Å². The molecule has 0 unspecified atom stereocenters. The molecule has 2 aromatic carbocycles. The van der Waals surface area contributed by atoms with Crippen LogP contribution in [0.15, 0.2) is 42.5 Å². The van der Waals surface area contributed by atoms with Gasteiger partial charge in [-0.1, -0.05) is 18.2 Å². The third-order valence-electron chi connectivity index (χ3n) is 5.19. The summed E-state index contributed by atoms with van der Waals surface area (Å²) in [4.78, 5) is 25.6. The number of hydrogen-bond donors (Lipinski definition) is 1. The molecule has 3 rings (SSSR count). The number of benzene rings is 2. The van der Waals surface area contributed by atoms with Gasteiger partial charge in [0.15, 0.2) is 0 Å². The second-order valence-corrected chi connectivity index (χ2v) is 6.75. The lowest BCUT2D eigenvalue weighted by Crippen LogP contribution is -2.49. The fourth-order valence-electron chi connectivity index (χ4n) is 3.57. The molecule has 0 bridgehead atoms. The molecule has 1 heterocycles. The van der Waals surface area contributed by atoms with Gasteiger partial charge >= 0.3 is 5.97 Å². The predicted octanol–water partition coefficient (Wildman–Crippen LogP) is 3.83. The molecule has 2 aromatic rings. The normalized spacial score (nSPS) is 19.6. The fraction of sp³-hybridized carbons (Fsp3) is 0.333. The van der Waals surface area contributed by atoms with E-state index in [9.17, 15) is 19.1 Å². The summed E-state index contributed by atoms with van der Waals surface area (Å²) >= 11 is 0. The number of carbonyl (C=O) groups is 2. The van der Waals surface area contributed by atoms with Crippen LogP contribution in [0, 0.1) is 11.7 Å². The molecule has 1 fully saturated rings. The zero-order chi connectivity index (χ0) is 19.6. The van der Waals surface area contributed by atoms with Gasteiger partial charge in [-0.2, -0.15) is 0 Å². The molecule has 1 aliphatic heterocycles. The summed E-state index contributed by atoms with van der Waals surface area (Å²) in [6.45, 7) is 2.14. The monoisotopic (exact) mass is 371 g/mol. The second-order valence-electron chi connectivity index (χ2n) is 6.75. The standard InChI is InChI=1S/C21H22FNO4/c1-13-17(21(25)26)4-3-11-23(13)20(24)18-10-7-15(12-19(18)22)14-5-8-16(27-2)9-6-14/h5-10,12-13,17H,3-4,11H2,1-2H3,(H,25,26)/t13-,17-/m0/s1. The summed E-state index contributed by atoms with van der Waals surface area (Å²) in [6.07, 6.45) is 1.12. The van der Waals surface area contributed by atoms with Crippen LogP contribution in [-0.4, -0.2) is 41.6 Å². The van der Waals surface area contributed by atoms with Gasteiger partial charge in [0.05, 0.1) is 18.6 Å². The van der Waals surface area contributed by atoms with E-state index in [-0.39, 0.29) is 5.56 Å².